The van der Waals surface area contributed by atoms with E-state index in [0.717, 1.165) is 50.3 Å². The van der Waals surface area contributed by atoms with Crippen molar-refractivity contribution in [3.63, 3.8) is 0 Å². The molecule has 2 fully saturated rings. The van der Waals surface area contributed by atoms with Crippen LogP contribution < -0.4 is 5.32 Å². The lowest BCUT2D eigenvalue weighted by molar-refractivity contribution is 0.302. The quantitative estimate of drug-likeness (QED) is 0.942. The molecule has 3 heterocycles. The second-order valence-corrected chi connectivity index (χ2v) is 6.03. The molecule has 0 amide bonds. The highest BCUT2D eigenvalue weighted by Crippen LogP contribution is 2.28. The molecule has 2 saturated heterocycles. The van der Waals surface area contributed by atoms with E-state index in [1.807, 2.05) is 6.07 Å². The maximum atomic E-state index is 13.2. The van der Waals surface area contributed by atoms with Gasteiger partial charge in [-0.1, -0.05) is 6.07 Å². The van der Waals surface area contributed by atoms with E-state index in [9.17, 15) is 4.39 Å². The smallest absolute Gasteiger partial charge is 0.226 e. The molecule has 4 nitrogen and oxygen atoms in total. The highest BCUT2D eigenvalue weighted by atomic mass is 35.5. The molecule has 118 valence electrons. The first-order chi connectivity index (χ1) is 10.3. The van der Waals surface area contributed by atoms with E-state index in [1.54, 1.807) is 12.3 Å². The van der Waals surface area contributed by atoms with Crippen molar-refractivity contribution in [2.75, 3.05) is 26.2 Å². The van der Waals surface area contributed by atoms with Crippen molar-refractivity contribution in [3.05, 3.63) is 42.0 Å². The van der Waals surface area contributed by atoms with Crippen molar-refractivity contribution in [1.29, 1.82) is 0 Å². The van der Waals surface area contributed by atoms with Crippen molar-refractivity contribution in [3.8, 4) is 11.5 Å². The van der Waals surface area contributed by atoms with Crippen LogP contribution in [0.3, 0.4) is 0 Å². The largest absolute Gasteiger partial charge is 0.444 e. The number of oxazole rings is 1. The number of fused-ring (bicyclic) bond motifs is 1. The number of aromatic nitrogens is 1. The number of benzene rings is 1. The van der Waals surface area contributed by atoms with Gasteiger partial charge in [0.15, 0.2) is 0 Å². The van der Waals surface area contributed by atoms with Crippen LogP contribution in [0.5, 0.6) is 0 Å². The molecule has 4 rings (SSSR count). The van der Waals surface area contributed by atoms with Crippen LogP contribution in [-0.4, -0.2) is 36.1 Å². The summed E-state index contributed by atoms with van der Waals surface area (Å²) in [5.41, 5.74) is 1.60. The summed E-state index contributed by atoms with van der Waals surface area (Å²) >= 11 is 0. The molecule has 0 spiro atoms. The van der Waals surface area contributed by atoms with Crippen LogP contribution in [0, 0.1) is 17.7 Å². The number of hydrogen-bond acceptors (Lipinski definition) is 4. The molecule has 0 unspecified atom stereocenters. The minimum absolute atomic E-state index is 0. The standard InChI is InChI=1S/C16H18FN3O.ClH/c17-14-3-1-2-11(4-14)16-19-15(10-21-16)9-20-7-12-5-18-6-13(12)8-20;/h1-4,10,12-13,18H,5-9H2;1H/t12-,13+;. The van der Waals surface area contributed by atoms with Gasteiger partial charge in [0.1, 0.15) is 12.1 Å². The minimum Gasteiger partial charge on any atom is -0.444 e. The van der Waals surface area contributed by atoms with Crippen molar-refractivity contribution in [2.24, 2.45) is 11.8 Å². The van der Waals surface area contributed by atoms with Gasteiger partial charge < -0.3 is 9.73 Å². The first-order valence-electron chi connectivity index (χ1n) is 7.41. The van der Waals surface area contributed by atoms with Gasteiger partial charge in [0.25, 0.3) is 0 Å². The molecule has 2 aromatic rings. The van der Waals surface area contributed by atoms with Crippen molar-refractivity contribution >= 4 is 12.4 Å². The summed E-state index contributed by atoms with van der Waals surface area (Å²) in [5, 5.41) is 3.44. The van der Waals surface area contributed by atoms with Gasteiger partial charge >= 0.3 is 0 Å². The Morgan fingerprint density at radius 2 is 2.05 bits per heavy atom. The number of nitrogens with zero attached hydrogens (tertiary/aromatic N) is 2. The van der Waals surface area contributed by atoms with Gasteiger partial charge in [-0.15, -0.1) is 12.4 Å². The SMILES string of the molecule is Cl.Fc1cccc(-c2nc(CN3C[C@H]4CNC[C@H]4C3)co2)c1. The third-order valence-electron chi connectivity index (χ3n) is 4.47. The fourth-order valence-corrected chi connectivity index (χ4v) is 3.44. The lowest BCUT2D eigenvalue weighted by Gasteiger charge is -2.14. The highest BCUT2D eigenvalue weighted by molar-refractivity contribution is 5.85. The number of rotatable bonds is 3. The molecule has 0 bridgehead atoms. The maximum absolute atomic E-state index is 13.2. The molecule has 0 radical (unpaired) electrons. The first-order valence-corrected chi connectivity index (χ1v) is 7.41. The number of likely N-dealkylation sites (tertiary alicyclic amines) is 1. The summed E-state index contributed by atoms with van der Waals surface area (Å²) in [7, 11) is 0. The Hall–Kier alpha value is -1.43. The molecular formula is C16H19ClFN3O. The van der Waals surface area contributed by atoms with Crippen molar-refractivity contribution in [2.45, 2.75) is 6.54 Å². The minimum atomic E-state index is -0.271. The van der Waals surface area contributed by atoms with E-state index in [0.29, 0.717) is 11.5 Å². The van der Waals surface area contributed by atoms with Gasteiger partial charge in [-0.2, -0.15) is 0 Å². The van der Waals surface area contributed by atoms with Gasteiger partial charge in [0.05, 0.1) is 5.69 Å². The van der Waals surface area contributed by atoms with Gasteiger partial charge in [-0.3, -0.25) is 4.90 Å². The molecule has 2 atom stereocenters. The zero-order valence-corrected chi connectivity index (χ0v) is 13.0. The van der Waals surface area contributed by atoms with Gasteiger partial charge in [0.2, 0.25) is 5.89 Å². The topological polar surface area (TPSA) is 41.3 Å². The highest BCUT2D eigenvalue weighted by Gasteiger charge is 2.36. The normalized spacial score (nSPS) is 24.2. The monoisotopic (exact) mass is 323 g/mol. The molecule has 6 heteroatoms. The Bertz CT molecular complexity index is 636. The lowest BCUT2D eigenvalue weighted by atomic mass is 10.0. The van der Waals surface area contributed by atoms with E-state index < -0.39 is 0 Å². The zero-order valence-electron chi connectivity index (χ0n) is 12.2. The Morgan fingerprint density at radius 3 is 2.77 bits per heavy atom. The average molecular weight is 324 g/mol. The summed E-state index contributed by atoms with van der Waals surface area (Å²) in [6.45, 7) is 5.33. The molecule has 2 aliphatic heterocycles. The third-order valence-corrected chi connectivity index (χ3v) is 4.47. The fraction of sp³-hybridized carbons (Fsp3) is 0.438. The van der Waals surface area contributed by atoms with Crippen molar-refractivity contribution < 1.29 is 8.81 Å². The second kappa shape index (κ2) is 6.36. The number of halogens is 2. The van der Waals surface area contributed by atoms with E-state index in [4.69, 9.17) is 4.42 Å². The molecule has 1 N–H and O–H groups in total. The van der Waals surface area contributed by atoms with Crippen molar-refractivity contribution in [1.82, 2.24) is 15.2 Å². The van der Waals surface area contributed by atoms with Gasteiger partial charge in [-0.25, -0.2) is 9.37 Å². The van der Waals surface area contributed by atoms with Gasteiger partial charge in [0, 0.05) is 25.2 Å². The number of nitrogens with one attached hydrogen (secondary N) is 1. The summed E-state index contributed by atoms with van der Waals surface area (Å²) in [4.78, 5) is 6.92. The fourth-order valence-electron chi connectivity index (χ4n) is 3.44. The zero-order chi connectivity index (χ0) is 14.2. The Morgan fingerprint density at radius 1 is 1.27 bits per heavy atom. The molecular weight excluding hydrogens is 305 g/mol. The van der Waals surface area contributed by atoms with E-state index in [1.165, 1.54) is 12.1 Å². The summed E-state index contributed by atoms with van der Waals surface area (Å²) in [6.07, 6.45) is 1.69. The lowest BCUT2D eigenvalue weighted by Crippen LogP contribution is -2.25. The molecule has 2 aliphatic rings. The molecule has 1 aromatic heterocycles. The predicted molar refractivity (Wildman–Crippen MR) is 84.3 cm³/mol. The average Bonchev–Trinajstić information content (AvgIpc) is 3.14. The van der Waals surface area contributed by atoms with Crippen LogP contribution in [0.4, 0.5) is 4.39 Å². The van der Waals surface area contributed by atoms with E-state index in [-0.39, 0.29) is 18.2 Å². The van der Waals surface area contributed by atoms with E-state index in [2.05, 4.69) is 15.2 Å². The first kappa shape index (κ1) is 15.5. The Kier molecular flexibility index (Phi) is 4.47. The Balaban J connectivity index is 0.00000144. The van der Waals surface area contributed by atoms with Crippen LogP contribution in [0.15, 0.2) is 34.9 Å². The molecule has 1 aromatic carbocycles. The molecule has 0 aliphatic carbocycles. The van der Waals surface area contributed by atoms with Gasteiger partial charge in [-0.05, 0) is 43.1 Å². The third kappa shape index (κ3) is 3.02. The second-order valence-electron chi connectivity index (χ2n) is 6.03. The summed E-state index contributed by atoms with van der Waals surface area (Å²) in [6, 6.07) is 6.35. The van der Waals surface area contributed by atoms with Crippen LogP contribution in [-0.2, 0) is 6.54 Å². The molecule has 0 saturated carbocycles. The predicted octanol–water partition coefficient (Wildman–Crippen LogP) is 2.55. The van der Waals surface area contributed by atoms with Crippen LogP contribution >= 0.6 is 12.4 Å². The Labute approximate surface area is 135 Å². The van der Waals surface area contributed by atoms with Crippen LogP contribution in [0.25, 0.3) is 11.5 Å². The number of hydrogen-bond donors (Lipinski definition) is 1. The maximum Gasteiger partial charge on any atom is 0.226 e. The molecule has 22 heavy (non-hydrogen) atoms. The van der Waals surface area contributed by atoms with E-state index >= 15 is 0 Å². The van der Waals surface area contributed by atoms with Crippen LogP contribution in [0.1, 0.15) is 5.69 Å². The summed E-state index contributed by atoms with van der Waals surface area (Å²) in [5.74, 6) is 1.77. The summed E-state index contributed by atoms with van der Waals surface area (Å²) < 4.78 is 18.7. The van der Waals surface area contributed by atoms with Crippen LogP contribution in [0.2, 0.25) is 0 Å².